The largest absolute Gasteiger partial charge is 0.393 e. The molecule has 0 aliphatic heterocycles. The van der Waals surface area contributed by atoms with E-state index in [-0.39, 0.29) is 12.0 Å². The number of rotatable bonds is 11. The fraction of sp³-hybridized carbons (Fsp3) is 0.520. The third-order valence-electron chi connectivity index (χ3n) is 5.34. The minimum atomic E-state index is -0.563. The molecule has 0 saturated carbocycles. The fourth-order valence-corrected chi connectivity index (χ4v) is 3.64. The van der Waals surface area contributed by atoms with Gasteiger partial charge in [-0.15, -0.1) is 0 Å². The van der Waals surface area contributed by atoms with Gasteiger partial charge in [0.05, 0.1) is 12.2 Å². The summed E-state index contributed by atoms with van der Waals surface area (Å²) in [5.74, 6) is 0.607. The first kappa shape index (κ1) is 22.6. The van der Waals surface area contributed by atoms with Crippen LogP contribution in [-0.4, -0.2) is 33.4 Å². The Morgan fingerprint density at radius 1 is 0.679 bits per heavy atom. The van der Waals surface area contributed by atoms with Gasteiger partial charge in [-0.1, -0.05) is 88.4 Å². The van der Waals surface area contributed by atoms with Gasteiger partial charge in [0.2, 0.25) is 0 Å². The molecule has 2 aromatic carbocycles. The van der Waals surface area contributed by atoms with Crippen LogP contribution in [0.1, 0.15) is 51.7 Å². The van der Waals surface area contributed by atoms with Gasteiger partial charge in [-0.25, -0.2) is 0 Å². The fourth-order valence-electron chi connectivity index (χ4n) is 3.64. The van der Waals surface area contributed by atoms with E-state index in [1.54, 1.807) is 0 Å². The zero-order valence-electron chi connectivity index (χ0n) is 17.8. The number of nitrogens with zero attached hydrogens (tertiary/aromatic N) is 1. The van der Waals surface area contributed by atoms with Gasteiger partial charge in [-0.3, -0.25) is 4.90 Å². The predicted molar refractivity (Wildman–Crippen MR) is 117 cm³/mol. The minimum Gasteiger partial charge on any atom is -0.393 e. The first-order valence-electron chi connectivity index (χ1n) is 10.5. The molecule has 28 heavy (non-hydrogen) atoms. The third-order valence-corrected chi connectivity index (χ3v) is 5.34. The van der Waals surface area contributed by atoms with Crippen molar-refractivity contribution in [3.63, 3.8) is 0 Å². The average Bonchev–Trinajstić information content (AvgIpc) is 2.67. The van der Waals surface area contributed by atoms with Gasteiger partial charge in [0.25, 0.3) is 0 Å². The summed E-state index contributed by atoms with van der Waals surface area (Å²) < 4.78 is 0. The SMILES string of the molecule is CC(C)C[C@@H]([C@@H](O)CC(O)C(C)C)N(Cc1ccccc1)Cc1ccccc1. The van der Waals surface area contributed by atoms with E-state index in [9.17, 15) is 10.2 Å². The van der Waals surface area contributed by atoms with E-state index < -0.39 is 12.2 Å². The molecular formula is C25H37NO2. The van der Waals surface area contributed by atoms with Crippen LogP contribution in [0.15, 0.2) is 60.7 Å². The number of hydrogen-bond acceptors (Lipinski definition) is 3. The molecule has 2 N–H and O–H groups in total. The molecule has 3 heteroatoms. The quantitative estimate of drug-likeness (QED) is 0.582. The van der Waals surface area contributed by atoms with Gasteiger partial charge in [0.15, 0.2) is 0 Å². The Bertz CT molecular complexity index is 615. The number of aliphatic hydroxyl groups excluding tert-OH is 2. The molecule has 3 atom stereocenters. The summed E-state index contributed by atoms with van der Waals surface area (Å²) in [7, 11) is 0. The van der Waals surface area contributed by atoms with Gasteiger partial charge < -0.3 is 10.2 Å². The smallest absolute Gasteiger partial charge is 0.0720 e. The van der Waals surface area contributed by atoms with Crippen LogP contribution in [-0.2, 0) is 13.1 Å². The van der Waals surface area contributed by atoms with Crippen molar-refractivity contribution in [2.75, 3.05) is 0 Å². The topological polar surface area (TPSA) is 43.7 Å². The lowest BCUT2D eigenvalue weighted by molar-refractivity contribution is -0.0129. The van der Waals surface area contributed by atoms with Crippen LogP contribution in [0.4, 0.5) is 0 Å². The second-order valence-corrected chi connectivity index (χ2v) is 8.69. The lowest BCUT2D eigenvalue weighted by Crippen LogP contribution is -2.45. The molecule has 154 valence electrons. The van der Waals surface area contributed by atoms with E-state index in [4.69, 9.17) is 0 Å². The van der Waals surface area contributed by atoms with Crippen molar-refractivity contribution < 1.29 is 10.2 Å². The van der Waals surface area contributed by atoms with Crippen LogP contribution in [0.3, 0.4) is 0 Å². The van der Waals surface area contributed by atoms with Crippen LogP contribution in [0.25, 0.3) is 0 Å². The highest BCUT2D eigenvalue weighted by molar-refractivity contribution is 5.17. The molecular weight excluding hydrogens is 346 g/mol. The lowest BCUT2D eigenvalue weighted by Gasteiger charge is -2.37. The van der Waals surface area contributed by atoms with Crippen molar-refractivity contribution in [3.8, 4) is 0 Å². The van der Waals surface area contributed by atoms with Gasteiger partial charge >= 0.3 is 0 Å². The van der Waals surface area contributed by atoms with Crippen molar-refractivity contribution in [1.29, 1.82) is 0 Å². The summed E-state index contributed by atoms with van der Waals surface area (Å²) in [4.78, 5) is 2.38. The molecule has 0 aromatic heterocycles. The summed E-state index contributed by atoms with van der Waals surface area (Å²) in [5.41, 5.74) is 2.48. The Morgan fingerprint density at radius 2 is 1.14 bits per heavy atom. The standard InChI is InChI=1S/C25H37NO2/c1-19(2)15-23(25(28)16-24(27)20(3)4)26(17-21-11-7-5-8-12-21)18-22-13-9-6-10-14-22/h5-14,19-20,23-25,27-28H,15-18H2,1-4H3/t23-,24?,25-/m0/s1. The molecule has 0 aliphatic carbocycles. The third kappa shape index (κ3) is 7.38. The van der Waals surface area contributed by atoms with Crippen molar-refractivity contribution in [2.24, 2.45) is 11.8 Å². The first-order valence-corrected chi connectivity index (χ1v) is 10.5. The molecule has 2 aromatic rings. The molecule has 0 saturated heterocycles. The van der Waals surface area contributed by atoms with Crippen LogP contribution >= 0.6 is 0 Å². The summed E-state index contributed by atoms with van der Waals surface area (Å²) >= 11 is 0. The molecule has 0 amide bonds. The normalized spacial score (nSPS) is 15.2. The van der Waals surface area contributed by atoms with E-state index in [0.717, 1.165) is 19.5 Å². The van der Waals surface area contributed by atoms with Crippen molar-refractivity contribution in [3.05, 3.63) is 71.8 Å². The Kier molecular flexibility index (Phi) is 9.17. The van der Waals surface area contributed by atoms with E-state index in [2.05, 4.69) is 67.3 Å². The zero-order chi connectivity index (χ0) is 20.5. The Hall–Kier alpha value is -1.68. The van der Waals surface area contributed by atoms with Gasteiger partial charge in [0, 0.05) is 25.6 Å². The van der Waals surface area contributed by atoms with E-state index in [1.165, 1.54) is 11.1 Å². The summed E-state index contributed by atoms with van der Waals surface area (Å²) in [5, 5.41) is 21.5. The average molecular weight is 384 g/mol. The molecule has 0 bridgehead atoms. The number of aliphatic hydroxyl groups is 2. The molecule has 1 unspecified atom stereocenters. The van der Waals surface area contributed by atoms with E-state index >= 15 is 0 Å². The number of hydrogen-bond donors (Lipinski definition) is 2. The highest BCUT2D eigenvalue weighted by atomic mass is 16.3. The van der Waals surface area contributed by atoms with Crippen molar-refractivity contribution in [1.82, 2.24) is 4.90 Å². The first-order chi connectivity index (χ1) is 13.4. The molecule has 2 rings (SSSR count). The lowest BCUT2D eigenvalue weighted by atomic mass is 9.91. The highest BCUT2D eigenvalue weighted by Crippen LogP contribution is 2.24. The van der Waals surface area contributed by atoms with Gasteiger partial charge in [-0.05, 0) is 29.4 Å². The second-order valence-electron chi connectivity index (χ2n) is 8.69. The molecule has 3 nitrogen and oxygen atoms in total. The molecule has 0 heterocycles. The highest BCUT2D eigenvalue weighted by Gasteiger charge is 2.29. The van der Waals surface area contributed by atoms with Gasteiger partial charge in [0.1, 0.15) is 0 Å². The summed E-state index contributed by atoms with van der Waals surface area (Å²) in [6.07, 6.45) is 0.257. The molecule has 0 spiro atoms. The van der Waals surface area contributed by atoms with Crippen LogP contribution in [0.2, 0.25) is 0 Å². The Labute approximate surface area is 171 Å². The Balaban J connectivity index is 2.27. The summed E-state index contributed by atoms with van der Waals surface area (Å²) in [6.45, 7) is 9.95. The predicted octanol–water partition coefficient (Wildman–Crippen LogP) is 4.87. The monoisotopic (exact) mass is 383 g/mol. The molecule has 0 aliphatic rings. The molecule has 0 fully saturated rings. The minimum absolute atomic E-state index is 0.00573. The van der Waals surface area contributed by atoms with Gasteiger partial charge in [-0.2, -0.15) is 0 Å². The van der Waals surface area contributed by atoms with Crippen LogP contribution < -0.4 is 0 Å². The number of benzene rings is 2. The maximum atomic E-state index is 11.1. The van der Waals surface area contributed by atoms with E-state index in [1.807, 2.05) is 26.0 Å². The van der Waals surface area contributed by atoms with Crippen molar-refractivity contribution >= 4 is 0 Å². The van der Waals surface area contributed by atoms with E-state index in [0.29, 0.717) is 12.3 Å². The van der Waals surface area contributed by atoms with Crippen molar-refractivity contribution in [2.45, 2.75) is 71.9 Å². The maximum Gasteiger partial charge on any atom is 0.0720 e. The van der Waals surface area contributed by atoms with Crippen LogP contribution in [0, 0.1) is 11.8 Å². The molecule has 0 radical (unpaired) electrons. The summed E-state index contributed by atoms with van der Waals surface area (Å²) in [6, 6.07) is 20.9. The Morgan fingerprint density at radius 3 is 1.54 bits per heavy atom. The maximum absolute atomic E-state index is 11.1. The van der Waals surface area contributed by atoms with Crippen LogP contribution in [0.5, 0.6) is 0 Å². The second kappa shape index (κ2) is 11.4. The zero-order valence-corrected chi connectivity index (χ0v) is 17.8.